The first-order chi connectivity index (χ1) is 22.3. The zero-order valence-corrected chi connectivity index (χ0v) is 26.1. The van der Waals surface area contributed by atoms with Gasteiger partial charge in [-0.25, -0.2) is 18.1 Å². The molecule has 0 amide bonds. The minimum absolute atomic E-state index is 0.00841. The van der Waals surface area contributed by atoms with E-state index in [1.54, 1.807) is 0 Å². The van der Waals surface area contributed by atoms with E-state index in [1.807, 2.05) is 24.3 Å². The fourth-order valence-electron chi connectivity index (χ4n) is 5.57. The summed E-state index contributed by atoms with van der Waals surface area (Å²) < 4.78 is 120. The highest BCUT2D eigenvalue weighted by molar-refractivity contribution is 7.89. The van der Waals surface area contributed by atoms with Crippen LogP contribution in [0.1, 0.15) is 25.7 Å². The van der Waals surface area contributed by atoms with Crippen molar-refractivity contribution in [2.24, 2.45) is 11.8 Å². The molecule has 0 unspecified atom stereocenters. The normalized spacial score (nSPS) is 19.5. The molecule has 1 aromatic heterocycles. The van der Waals surface area contributed by atoms with E-state index < -0.39 is 52.0 Å². The van der Waals surface area contributed by atoms with E-state index in [0.29, 0.717) is 38.5 Å². The maximum atomic E-state index is 13.1. The number of benzene rings is 2. The predicted molar refractivity (Wildman–Crippen MR) is 161 cm³/mol. The van der Waals surface area contributed by atoms with Crippen LogP contribution < -0.4 is 24.4 Å². The molecule has 258 valence electrons. The standard InChI is InChI=1S/C30H35F6N5O5S/c31-29(32,33)18-45-22-9-10-25(46-19-30(34,35)36)26(15-22)47(42,43)38-17-21-7-5-20(6-8-21)16-37-28-39-24-4-2-1-3-23(24)27(40-28)41-11-13-44-14-12-41/h1-4,9-10,15,20-21,38H,5-8,11-14,16-19H2,(H,37,39,40). The molecule has 0 spiro atoms. The van der Waals surface area contributed by atoms with Crippen molar-refractivity contribution in [3.05, 3.63) is 42.5 Å². The van der Waals surface area contributed by atoms with Gasteiger partial charge in [-0.15, -0.1) is 0 Å². The second-order valence-corrected chi connectivity index (χ2v) is 13.3. The van der Waals surface area contributed by atoms with Crippen LogP contribution in [0, 0.1) is 11.8 Å². The number of halogens is 6. The van der Waals surface area contributed by atoms with Crippen LogP contribution in [-0.2, 0) is 14.8 Å². The van der Waals surface area contributed by atoms with Gasteiger partial charge in [0, 0.05) is 37.6 Å². The summed E-state index contributed by atoms with van der Waals surface area (Å²) in [4.78, 5) is 10.9. The third kappa shape index (κ3) is 9.96. The molecule has 3 aromatic rings. The van der Waals surface area contributed by atoms with Crippen molar-refractivity contribution in [2.75, 3.05) is 62.8 Å². The summed E-state index contributed by atoms with van der Waals surface area (Å²) in [7, 11) is -4.47. The monoisotopic (exact) mass is 691 g/mol. The first-order valence-corrected chi connectivity index (χ1v) is 16.6. The molecule has 1 aliphatic heterocycles. The highest BCUT2D eigenvalue weighted by Gasteiger charge is 2.32. The molecule has 47 heavy (non-hydrogen) atoms. The Bertz CT molecular complexity index is 1610. The third-order valence-electron chi connectivity index (χ3n) is 7.97. The number of para-hydroxylation sites is 1. The van der Waals surface area contributed by atoms with Crippen molar-refractivity contribution in [1.82, 2.24) is 14.7 Å². The fourth-order valence-corrected chi connectivity index (χ4v) is 6.84. The lowest BCUT2D eigenvalue weighted by molar-refractivity contribution is -0.154. The molecule has 0 bridgehead atoms. The predicted octanol–water partition coefficient (Wildman–Crippen LogP) is 5.55. The minimum atomic E-state index is -4.77. The molecule has 1 saturated heterocycles. The molecule has 2 N–H and O–H groups in total. The van der Waals surface area contributed by atoms with Crippen LogP contribution >= 0.6 is 0 Å². The minimum Gasteiger partial charge on any atom is -0.484 e. The van der Waals surface area contributed by atoms with Crippen molar-refractivity contribution in [3.63, 3.8) is 0 Å². The Morgan fingerprint density at radius 2 is 1.49 bits per heavy atom. The molecule has 0 atom stereocenters. The highest BCUT2D eigenvalue weighted by atomic mass is 32.2. The van der Waals surface area contributed by atoms with Gasteiger partial charge in [-0.3, -0.25) is 0 Å². The number of anilines is 2. The number of hydrogen-bond donors (Lipinski definition) is 2. The summed E-state index contributed by atoms with van der Waals surface area (Å²) in [6, 6.07) is 10.3. The molecule has 17 heteroatoms. The van der Waals surface area contributed by atoms with Crippen LogP contribution in [0.5, 0.6) is 11.5 Å². The third-order valence-corrected chi connectivity index (χ3v) is 9.41. The number of fused-ring (bicyclic) bond motifs is 1. The second-order valence-electron chi connectivity index (χ2n) is 11.5. The van der Waals surface area contributed by atoms with Gasteiger partial charge in [0.2, 0.25) is 16.0 Å². The molecular formula is C30H35F6N5O5S. The second kappa shape index (κ2) is 14.7. The molecule has 2 heterocycles. The van der Waals surface area contributed by atoms with E-state index >= 15 is 0 Å². The Kier molecular flexibility index (Phi) is 10.9. The van der Waals surface area contributed by atoms with Crippen LogP contribution in [0.2, 0.25) is 0 Å². The van der Waals surface area contributed by atoms with Gasteiger partial charge in [0.1, 0.15) is 22.2 Å². The average molecular weight is 692 g/mol. The van der Waals surface area contributed by atoms with Crippen molar-refractivity contribution >= 4 is 32.7 Å². The van der Waals surface area contributed by atoms with Crippen molar-refractivity contribution in [2.45, 2.75) is 42.9 Å². The number of morpholine rings is 1. The van der Waals surface area contributed by atoms with Crippen molar-refractivity contribution in [3.8, 4) is 11.5 Å². The topological polar surface area (TPSA) is 115 Å². The lowest BCUT2D eigenvalue weighted by atomic mass is 9.82. The van der Waals surface area contributed by atoms with E-state index in [9.17, 15) is 34.8 Å². The van der Waals surface area contributed by atoms with Gasteiger partial charge in [0.25, 0.3) is 0 Å². The first-order valence-electron chi connectivity index (χ1n) is 15.1. The summed E-state index contributed by atoms with van der Waals surface area (Å²) in [5.74, 6) is 0.440. The zero-order valence-electron chi connectivity index (χ0n) is 25.2. The van der Waals surface area contributed by atoms with E-state index in [2.05, 4.69) is 29.4 Å². The van der Waals surface area contributed by atoms with Gasteiger partial charge in [-0.05, 0) is 61.8 Å². The van der Waals surface area contributed by atoms with Crippen LogP contribution in [0.15, 0.2) is 47.4 Å². The Morgan fingerprint density at radius 3 is 2.17 bits per heavy atom. The molecule has 5 rings (SSSR count). The van der Waals surface area contributed by atoms with Gasteiger partial charge in [-0.1, -0.05) is 12.1 Å². The summed E-state index contributed by atoms with van der Waals surface area (Å²) in [6.07, 6.45) is -6.55. The Morgan fingerprint density at radius 1 is 0.851 bits per heavy atom. The van der Waals surface area contributed by atoms with E-state index in [-0.39, 0.29) is 18.4 Å². The number of sulfonamides is 1. The quantitative estimate of drug-likeness (QED) is 0.236. The van der Waals surface area contributed by atoms with Gasteiger partial charge in [0.05, 0.1) is 18.7 Å². The number of nitrogens with one attached hydrogen (secondary N) is 2. The summed E-state index contributed by atoms with van der Waals surface area (Å²) in [5, 5.41) is 4.32. The Hall–Kier alpha value is -3.57. The van der Waals surface area contributed by atoms with Crippen molar-refractivity contribution in [1.29, 1.82) is 0 Å². The van der Waals surface area contributed by atoms with Crippen LogP contribution in [0.3, 0.4) is 0 Å². The smallest absolute Gasteiger partial charge is 0.422 e. The van der Waals surface area contributed by atoms with Gasteiger partial charge < -0.3 is 24.4 Å². The summed E-state index contributed by atoms with van der Waals surface area (Å²) >= 11 is 0. The fraction of sp³-hybridized carbons (Fsp3) is 0.533. The molecule has 0 radical (unpaired) electrons. The van der Waals surface area contributed by atoms with E-state index in [1.165, 1.54) is 0 Å². The first kappa shape index (κ1) is 34.8. The van der Waals surface area contributed by atoms with Crippen LogP contribution in [-0.4, -0.2) is 83.3 Å². The van der Waals surface area contributed by atoms with Gasteiger partial charge in [-0.2, -0.15) is 31.3 Å². The number of nitrogens with zero attached hydrogens (tertiary/aromatic N) is 3. The van der Waals surface area contributed by atoms with Crippen LogP contribution in [0.4, 0.5) is 38.1 Å². The molecule has 1 saturated carbocycles. The maximum absolute atomic E-state index is 13.1. The molecular weight excluding hydrogens is 656 g/mol. The van der Waals surface area contributed by atoms with Gasteiger partial charge in [0.15, 0.2) is 13.2 Å². The Balaban J connectivity index is 1.17. The maximum Gasteiger partial charge on any atom is 0.422 e. The number of hydrogen-bond acceptors (Lipinski definition) is 9. The zero-order chi connectivity index (χ0) is 33.7. The number of rotatable bonds is 12. The van der Waals surface area contributed by atoms with Gasteiger partial charge >= 0.3 is 12.4 Å². The number of ether oxygens (including phenoxy) is 3. The number of aromatic nitrogens is 2. The summed E-state index contributed by atoms with van der Waals surface area (Å²) in [6.45, 7) is -0.180. The largest absolute Gasteiger partial charge is 0.484 e. The number of alkyl halides is 6. The Labute approximate surface area is 267 Å². The highest BCUT2D eigenvalue weighted by Crippen LogP contribution is 2.33. The van der Waals surface area contributed by atoms with Crippen molar-refractivity contribution < 1.29 is 49.0 Å². The van der Waals surface area contributed by atoms with E-state index in [0.717, 1.165) is 60.9 Å². The molecule has 2 aliphatic rings. The van der Waals surface area contributed by atoms with Crippen LogP contribution in [0.25, 0.3) is 10.9 Å². The SMILES string of the molecule is O=S(=O)(NCC1CCC(CNc2nc(N3CCOCC3)c3ccccc3n2)CC1)c1cc(OCC(F)(F)F)ccc1OCC(F)(F)F. The molecule has 2 fully saturated rings. The lowest BCUT2D eigenvalue weighted by Crippen LogP contribution is -2.37. The van der Waals surface area contributed by atoms with E-state index in [4.69, 9.17) is 9.72 Å². The lowest BCUT2D eigenvalue weighted by Gasteiger charge is -2.30. The average Bonchev–Trinajstić information content (AvgIpc) is 3.04. The molecule has 10 nitrogen and oxygen atoms in total. The molecule has 2 aromatic carbocycles. The molecule has 1 aliphatic carbocycles. The summed E-state index contributed by atoms with van der Waals surface area (Å²) in [5.41, 5.74) is 0.826.